The number of ether oxygens (including phenoxy) is 4. The lowest BCUT2D eigenvalue weighted by atomic mass is 9.99. The van der Waals surface area contributed by atoms with Crippen LogP contribution in [0.4, 0.5) is 0 Å². The summed E-state index contributed by atoms with van der Waals surface area (Å²) in [5, 5.41) is 0. The van der Waals surface area contributed by atoms with E-state index >= 15 is 0 Å². The molecule has 1 aliphatic rings. The molecule has 0 radical (unpaired) electrons. The van der Waals surface area contributed by atoms with Gasteiger partial charge >= 0.3 is 0 Å². The molecule has 3 heterocycles. The molecular formula is C33H44N4O5. The Labute approximate surface area is 249 Å². The molecular weight excluding hydrogens is 532 g/mol. The maximum atomic E-state index is 11.5. The smallest absolute Gasteiger partial charge is 0.168 e. The number of carbonyl (C=O) groups is 1. The number of aldehydes is 1. The normalized spacial score (nSPS) is 18.5. The maximum absolute atomic E-state index is 11.5. The first-order valence-corrected chi connectivity index (χ1v) is 14.8. The summed E-state index contributed by atoms with van der Waals surface area (Å²) in [6.07, 6.45) is 0.791. The van der Waals surface area contributed by atoms with Crippen molar-refractivity contribution in [3.8, 4) is 0 Å². The predicted molar refractivity (Wildman–Crippen MR) is 162 cm³/mol. The number of rotatable bonds is 6. The Morgan fingerprint density at radius 3 is 1.90 bits per heavy atom. The molecule has 9 nitrogen and oxygen atoms in total. The molecule has 1 aromatic carbocycles. The lowest BCUT2D eigenvalue weighted by molar-refractivity contribution is 0.00332. The lowest BCUT2D eigenvalue weighted by Gasteiger charge is -2.32. The molecule has 0 aliphatic carbocycles. The van der Waals surface area contributed by atoms with Gasteiger partial charge < -0.3 is 18.9 Å². The van der Waals surface area contributed by atoms with E-state index in [1.807, 2.05) is 31.2 Å². The van der Waals surface area contributed by atoms with Crippen LogP contribution in [0.2, 0.25) is 0 Å². The largest absolute Gasteiger partial charge is 0.378 e. The number of nitrogens with zero attached hydrogens (tertiary/aromatic N) is 4. The average molecular weight is 577 g/mol. The van der Waals surface area contributed by atoms with Gasteiger partial charge in [0.15, 0.2) is 6.29 Å². The second-order valence-corrected chi connectivity index (χ2v) is 10.5. The zero-order valence-corrected chi connectivity index (χ0v) is 25.0. The van der Waals surface area contributed by atoms with E-state index in [0.717, 1.165) is 48.6 Å². The fraction of sp³-hybridized carbons (Fsp3) is 0.485. The van der Waals surface area contributed by atoms with Crippen LogP contribution < -0.4 is 0 Å². The minimum absolute atomic E-state index is 0.148. The van der Waals surface area contributed by atoms with Crippen molar-refractivity contribution < 1.29 is 23.7 Å². The summed E-state index contributed by atoms with van der Waals surface area (Å²) in [4.78, 5) is 25.4. The zero-order chi connectivity index (χ0) is 29.4. The van der Waals surface area contributed by atoms with E-state index in [1.165, 1.54) is 5.56 Å². The minimum Gasteiger partial charge on any atom is -0.378 e. The molecule has 226 valence electrons. The molecule has 42 heavy (non-hydrogen) atoms. The summed E-state index contributed by atoms with van der Waals surface area (Å²) >= 11 is 0. The Morgan fingerprint density at radius 2 is 1.31 bits per heavy atom. The van der Waals surface area contributed by atoms with Crippen molar-refractivity contribution in [1.29, 1.82) is 0 Å². The molecule has 0 amide bonds. The van der Waals surface area contributed by atoms with Crippen molar-refractivity contribution in [3.05, 3.63) is 94.6 Å². The van der Waals surface area contributed by atoms with Gasteiger partial charge in [-0.15, -0.1) is 0 Å². The highest BCUT2D eigenvalue weighted by Crippen LogP contribution is 2.28. The maximum Gasteiger partial charge on any atom is 0.168 e. The lowest BCUT2D eigenvalue weighted by Crippen LogP contribution is -2.36. The van der Waals surface area contributed by atoms with Gasteiger partial charge in [-0.3, -0.25) is 19.6 Å². The van der Waals surface area contributed by atoms with Crippen LogP contribution in [0, 0.1) is 13.8 Å². The van der Waals surface area contributed by atoms with Crippen LogP contribution in [0.5, 0.6) is 0 Å². The summed E-state index contributed by atoms with van der Waals surface area (Å²) in [5.74, 6) is 0. The van der Waals surface area contributed by atoms with E-state index in [9.17, 15) is 4.79 Å². The van der Waals surface area contributed by atoms with Gasteiger partial charge in [-0.05, 0) is 43.7 Å². The topological polar surface area (TPSA) is 86.3 Å². The third-order valence-corrected chi connectivity index (χ3v) is 7.18. The van der Waals surface area contributed by atoms with E-state index in [0.29, 0.717) is 71.6 Å². The van der Waals surface area contributed by atoms with E-state index in [1.54, 1.807) is 6.07 Å². The van der Waals surface area contributed by atoms with Crippen LogP contribution in [-0.4, -0.2) is 105 Å². The first-order valence-electron chi connectivity index (χ1n) is 14.8. The summed E-state index contributed by atoms with van der Waals surface area (Å²) in [5.41, 5.74) is 5.60. The first-order chi connectivity index (χ1) is 20.6. The second-order valence-electron chi connectivity index (χ2n) is 10.5. The third kappa shape index (κ3) is 10.7. The molecule has 1 aliphatic heterocycles. The number of aryl methyl sites for hydroxylation is 2. The Bertz CT molecular complexity index is 1190. The van der Waals surface area contributed by atoms with Gasteiger partial charge in [0.05, 0.1) is 70.3 Å². The predicted octanol–water partition coefficient (Wildman–Crippen LogP) is 3.88. The minimum atomic E-state index is -0.148. The summed E-state index contributed by atoms with van der Waals surface area (Å²) in [6.45, 7) is 12.1. The number of aromatic nitrogens is 2. The molecule has 9 heteroatoms. The quantitative estimate of drug-likeness (QED) is 0.406. The first kappa shape index (κ1) is 31.9. The number of hydrogen-bond donors (Lipinski definition) is 0. The summed E-state index contributed by atoms with van der Waals surface area (Å²) in [6, 6.07) is 20.0. The average Bonchev–Trinajstić information content (AvgIpc) is 3.00. The highest BCUT2D eigenvalue weighted by Gasteiger charge is 2.24. The highest BCUT2D eigenvalue weighted by molar-refractivity contribution is 5.71. The van der Waals surface area contributed by atoms with Crippen molar-refractivity contribution in [2.75, 3.05) is 79.0 Å². The van der Waals surface area contributed by atoms with Gasteiger partial charge in [0.1, 0.15) is 5.69 Å². The molecule has 0 spiro atoms. The molecule has 4 rings (SSSR count). The Hall–Kier alpha value is -3.05. The number of hydrogen-bond acceptors (Lipinski definition) is 9. The van der Waals surface area contributed by atoms with Gasteiger partial charge in [-0.1, -0.05) is 42.0 Å². The van der Waals surface area contributed by atoms with Crippen molar-refractivity contribution in [1.82, 2.24) is 19.8 Å². The van der Waals surface area contributed by atoms with Crippen LogP contribution in [0.3, 0.4) is 0 Å². The van der Waals surface area contributed by atoms with Crippen molar-refractivity contribution in [3.63, 3.8) is 0 Å². The van der Waals surface area contributed by atoms with Crippen LogP contribution in [-0.2, 0) is 25.5 Å². The van der Waals surface area contributed by atoms with Crippen molar-refractivity contribution >= 4 is 6.29 Å². The van der Waals surface area contributed by atoms with E-state index < -0.39 is 0 Å². The molecule has 1 atom stereocenters. The van der Waals surface area contributed by atoms with Crippen LogP contribution in [0.25, 0.3) is 0 Å². The fourth-order valence-electron chi connectivity index (χ4n) is 4.96. The number of carbonyl (C=O) groups excluding carboxylic acids is 1. The van der Waals surface area contributed by atoms with Gasteiger partial charge in [0.25, 0.3) is 0 Å². The molecule has 3 aromatic rings. The van der Waals surface area contributed by atoms with Gasteiger partial charge in [-0.2, -0.15) is 0 Å². The van der Waals surface area contributed by atoms with Crippen LogP contribution >= 0.6 is 0 Å². The molecule has 0 bridgehead atoms. The Balaban J connectivity index is 1.39. The monoisotopic (exact) mass is 576 g/mol. The van der Waals surface area contributed by atoms with Crippen LogP contribution in [0.15, 0.2) is 60.7 Å². The van der Waals surface area contributed by atoms with Crippen LogP contribution in [0.1, 0.15) is 44.7 Å². The van der Waals surface area contributed by atoms with E-state index in [2.05, 4.69) is 57.0 Å². The molecule has 1 fully saturated rings. The second kappa shape index (κ2) is 17.8. The molecule has 1 unspecified atom stereocenters. The summed E-state index contributed by atoms with van der Waals surface area (Å²) in [7, 11) is 0. The molecule has 0 N–H and O–H groups in total. The van der Waals surface area contributed by atoms with E-state index in [4.69, 9.17) is 18.9 Å². The standard InChI is InChI=1S/C33H44N4O5/c1-27-9-11-29(12-10-27)33(32-8-4-7-31(26-38)35-32)37-15-19-41-23-21-39-17-13-36(14-18-40-22-24-42-20-16-37)25-30-6-3-5-28(2)34-30/h3-12,26,33H,13-25H2,1-2H3. The number of benzene rings is 1. The zero-order valence-electron chi connectivity index (χ0n) is 25.0. The SMILES string of the molecule is Cc1ccc(C(c2cccc(C=O)n2)N2CCOCCOCCN(Cc3cccc(C)n3)CCOCCOCC2)cc1. The van der Waals surface area contributed by atoms with Crippen molar-refractivity contribution in [2.24, 2.45) is 0 Å². The highest BCUT2D eigenvalue weighted by atomic mass is 16.5. The molecule has 0 saturated carbocycles. The third-order valence-electron chi connectivity index (χ3n) is 7.18. The van der Waals surface area contributed by atoms with Gasteiger partial charge in [0, 0.05) is 38.4 Å². The number of pyridine rings is 2. The Morgan fingerprint density at radius 1 is 0.714 bits per heavy atom. The molecule has 2 aromatic heterocycles. The van der Waals surface area contributed by atoms with Gasteiger partial charge in [0.2, 0.25) is 0 Å². The fourth-order valence-corrected chi connectivity index (χ4v) is 4.96. The summed E-state index contributed by atoms with van der Waals surface area (Å²) < 4.78 is 23.8. The molecule has 1 saturated heterocycles. The Kier molecular flexibility index (Phi) is 13.5. The van der Waals surface area contributed by atoms with Gasteiger partial charge in [-0.25, -0.2) is 4.98 Å². The van der Waals surface area contributed by atoms with E-state index in [-0.39, 0.29) is 6.04 Å². The van der Waals surface area contributed by atoms with Crippen molar-refractivity contribution in [2.45, 2.75) is 26.4 Å².